The van der Waals surface area contributed by atoms with Crippen molar-refractivity contribution in [1.29, 1.82) is 0 Å². The number of fused-ring (bicyclic) bond motifs is 1. The molecule has 0 radical (unpaired) electrons. The molecule has 2 aromatic rings. The molecule has 0 aliphatic rings. The van der Waals surface area contributed by atoms with Crippen molar-refractivity contribution in [3.05, 3.63) is 45.1 Å². The summed E-state index contributed by atoms with van der Waals surface area (Å²) < 4.78 is 2.40. The Morgan fingerprint density at radius 2 is 1.59 bits per heavy atom. The van der Waals surface area contributed by atoms with Gasteiger partial charge in [-0.05, 0) is 32.9 Å². The predicted octanol–water partition coefficient (Wildman–Crippen LogP) is 0.510. The van der Waals surface area contributed by atoms with Gasteiger partial charge in [-0.1, -0.05) is 12.1 Å². The first kappa shape index (κ1) is 20.4. The van der Waals surface area contributed by atoms with E-state index in [0.717, 1.165) is 4.57 Å². The fourth-order valence-electron chi connectivity index (χ4n) is 3.03. The Kier molecular flexibility index (Phi) is 6.55. The highest BCUT2D eigenvalue weighted by Crippen LogP contribution is 2.08. The molecular weight excluding hydrogens is 348 g/mol. The van der Waals surface area contributed by atoms with Crippen LogP contribution in [0.2, 0.25) is 0 Å². The van der Waals surface area contributed by atoms with Crippen molar-refractivity contribution in [3.63, 3.8) is 0 Å². The first-order valence-electron chi connectivity index (χ1n) is 9.09. The fraction of sp³-hybridized carbons (Fsp3) is 0.474. The van der Waals surface area contributed by atoms with E-state index in [-0.39, 0.29) is 37.0 Å². The van der Waals surface area contributed by atoms with E-state index >= 15 is 0 Å². The van der Waals surface area contributed by atoms with Gasteiger partial charge in [0.15, 0.2) is 0 Å². The van der Waals surface area contributed by atoms with E-state index in [9.17, 15) is 19.2 Å². The van der Waals surface area contributed by atoms with E-state index in [1.165, 1.54) is 16.5 Å². The van der Waals surface area contributed by atoms with Crippen molar-refractivity contribution < 1.29 is 9.59 Å². The van der Waals surface area contributed by atoms with E-state index < -0.39 is 5.69 Å². The lowest BCUT2D eigenvalue weighted by Crippen LogP contribution is -2.45. The average molecular weight is 374 g/mol. The van der Waals surface area contributed by atoms with Crippen LogP contribution in [0.3, 0.4) is 0 Å². The summed E-state index contributed by atoms with van der Waals surface area (Å²) in [5.41, 5.74) is -0.487. The SMILES string of the molecule is CCN(CC)C(=O)CN(C)C(=O)Cn1c(=O)n(CC)c(=O)c2ccccc21. The van der Waals surface area contributed by atoms with Crippen LogP contribution in [-0.2, 0) is 22.7 Å². The maximum Gasteiger partial charge on any atom is 0.331 e. The van der Waals surface area contributed by atoms with Crippen molar-refractivity contribution in [3.8, 4) is 0 Å². The quantitative estimate of drug-likeness (QED) is 0.707. The number of likely N-dealkylation sites (N-methyl/N-ethyl adjacent to an activating group) is 2. The number of para-hydroxylation sites is 1. The molecule has 27 heavy (non-hydrogen) atoms. The molecule has 8 heteroatoms. The van der Waals surface area contributed by atoms with Crippen molar-refractivity contribution >= 4 is 22.7 Å². The minimum absolute atomic E-state index is 0.0549. The summed E-state index contributed by atoms with van der Waals surface area (Å²) >= 11 is 0. The molecule has 0 spiro atoms. The van der Waals surface area contributed by atoms with Crippen LogP contribution in [0, 0.1) is 0 Å². The number of carbonyl (C=O) groups is 2. The third-order valence-corrected chi connectivity index (χ3v) is 4.66. The first-order chi connectivity index (χ1) is 12.8. The zero-order chi connectivity index (χ0) is 20.1. The molecule has 0 N–H and O–H groups in total. The first-order valence-corrected chi connectivity index (χ1v) is 9.09. The molecule has 0 aliphatic heterocycles. The maximum absolute atomic E-state index is 12.7. The Balaban J connectivity index is 2.35. The van der Waals surface area contributed by atoms with Crippen LogP contribution in [0.4, 0.5) is 0 Å². The molecule has 0 aliphatic carbocycles. The molecule has 8 nitrogen and oxygen atoms in total. The van der Waals surface area contributed by atoms with Crippen molar-refractivity contribution in [2.75, 3.05) is 26.7 Å². The van der Waals surface area contributed by atoms with Gasteiger partial charge in [-0.2, -0.15) is 0 Å². The Morgan fingerprint density at radius 3 is 2.19 bits per heavy atom. The van der Waals surface area contributed by atoms with Crippen LogP contribution in [0.15, 0.2) is 33.9 Å². The largest absolute Gasteiger partial charge is 0.342 e. The summed E-state index contributed by atoms with van der Waals surface area (Å²) in [6.07, 6.45) is 0. The lowest BCUT2D eigenvalue weighted by Gasteiger charge is -2.23. The van der Waals surface area contributed by atoms with Gasteiger partial charge in [-0.3, -0.25) is 23.5 Å². The third kappa shape index (κ3) is 4.10. The summed E-state index contributed by atoms with van der Waals surface area (Å²) in [6, 6.07) is 6.71. The topological polar surface area (TPSA) is 84.6 Å². The summed E-state index contributed by atoms with van der Waals surface area (Å²) in [4.78, 5) is 52.9. The van der Waals surface area contributed by atoms with Crippen molar-refractivity contribution in [2.45, 2.75) is 33.9 Å². The van der Waals surface area contributed by atoms with E-state index in [4.69, 9.17) is 0 Å². The second kappa shape index (κ2) is 8.66. The number of hydrogen-bond acceptors (Lipinski definition) is 4. The number of nitrogens with zero attached hydrogens (tertiary/aromatic N) is 4. The molecule has 0 saturated carbocycles. The summed E-state index contributed by atoms with van der Waals surface area (Å²) in [7, 11) is 1.53. The lowest BCUT2D eigenvalue weighted by molar-refractivity contribution is -0.139. The molecule has 146 valence electrons. The molecule has 1 aromatic carbocycles. The minimum atomic E-state index is -0.530. The average Bonchev–Trinajstić information content (AvgIpc) is 2.66. The highest BCUT2D eigenvalue weighted by atomic mass is 16.2. The normalized spacial score (nSPS) is 10.8. The zero-order valence-electron chi connectivity index (χ0n) is 16.3. The van der Waals surface area contributed by atoms with Crippen LogP contribution in [0.25, 0.3) is 10.9 Å². The Bertz CT molecular complexity index is 956. The molecule has 0 bridgehead atoms. The van der Waals surface area contributed by atoms with Gasteiger partial charge in [0.2, 0.25) is 11.8 Å². The standard InChI is InChI=1S/C19H26N4O4/c1-5-21(6-2)17(25)12-20(4)16(24)13-23-15-11-9-8-10-14(15)18(26)22(7-3)19(23)27/h8-11H,5-7,12-13H2,1-4H3. The molecule has 2 rings (SSSR count). The van der Waals surface area contributed by atoms with Gasteiger partial charge in [0.25, 0.3) is 5.56 Å². The van der Waals surface area contributed by atoms with Crippen molar-refractivity contribution in [1.82, 2.24) is 18.9 Å². The van der Waals surface area contributed by atoms with Crippen molar-refractivity contribution in [2.24, 2.45) is 0 Å². The molecule has 0 fully saturated rings. The number of amides is 2. The number of benzene rings is 1. The van der Waals surface area contributed by atoms with Gasteiger partial charge >= 0.3 is 5.69 Å². The molecule has 1 heterocycles. The van der Waals surface area contributed by atoms with Crippen LogP contribution >= 0.6 is 0 Å². The van der Waals surface area contributed by atoms with Crippen LogP contribution in [0.5, 0.6) is 0 Å². The van der Waals surface area contributed by atoms with E-state index in [1.54, 1.807) is 36.1 Å². The minimum Gasteiger partial charge on any atom is -0.342 e. The number of carbonyl (C=O) groups excluding carboxylic acids is 2. The Morgan fingerprint density at radius 1 is 0.963 bits per heavy atom. The van der Waals surface area contributed by atoms with Gasteiger partial charge in [0.05, 0.1) is 17.4 Å². The number of aromatic nitrogens is 2. The third-order valence-electron chi connectivity index (χ3n) is 4.66. The fourth-order valence-corrected chi connectivity index (χ4v) is 3.03. The molecule has 0 saturated heterocycles. The van der Waals surface area contributed by atoms with Crippen LogP contribution in [-0.4, -0.2) is 57.4 Å². The van der Waals surface area contributed by atoms with Gasteiger partial charge in [0.1, 0.15) is 6.54 Å². The van der Waals surface area contributed by atoms with E-state index in [1.807, 2.05) is 13.8 Å². The molecule has 0 unspecified atom stereocenters. The van der Waals surface area contributed by atoms with E-state index in [0.29, 0.717) is 24.0 Å². The number of rotatable bonds is 7. The van der Waals surface area contributed by atoms with E-state index in [2.05, 4.69) is 0 Å². The van der Waals surface area contributed by atoms with Crippen LogP contribution < -0.4 is 11.2 Å². The molecular formula is C19H26N4O4. The van der Waals surface area contributed by atoms with Gasteiger partial charge in [-0.25, -0.2) is 4.79 Å². The second-order valence-electron chi connectivity index (χ2n) is 6.25. The van der Waals surface area contributed by atoms with Gasteiger partial charge in [0, 0.05) is 26.7 Å². The van der Waals surface area contributed by atoms with Crippen LogP contribution in [0.1, 0.15) is 20.8 Å². The maximum atomic E-state index is 12.7. The number of hydrogen-bond donors (Lipinski definition) is 0. The smallest absolute Gasteiger partial charge is 0.331 e. The molecule has 2 amide bonds. The van der Waals surface area contributed by atoms with Gasteiger partial charge in [-0.15, -0.1) is 0 Å². The van der Waals surface area contributed by atoms with Gasteiger partial charge < -0.3 is 9.80 Å². The summed E-state index contributed by atoms with van der Waals surface area (Å²) in [5.74, 6) is -0.518. The highest BCUT2D eigenvalue weighted by molar-refractivity contribution is 5.86. The molecule has 0 atom stereocenters. The second-order valence-corrected chi connectivity index (χ2v) is 6.25. The Labute approximate surface area is 157 Å². The predicted molar refractivity (Wildman–Crippen MR) is 104 cm³/mol. The summed E-state index contributed by atoms with van der Waals surface area (Å²) in [5, 5.41) is 0.383. The lowest BCUT2D eigenvalue weighted by atomic mass is 10.2. The summed E-state index contributed by atoms with van der Waals surface area (Å²) in [6.45, 7) is 6.53. The Hall–Kier alpha value is -2.90. The highest BCUT2D eigenvalue weighted by Gasteiger charge is 2.19. The molecule has 1 aromatic heterocycles. The zero-order valence-corrected chi connectivity index (χ0v) is 16.3. The monoisotopic (exact) mass is 374 g/mol.